The van der Waals surface area contributed by atoms with Gasteiger partial charge in [0.25, 0.3) is 0 Å². The standard InChI is InChI=1S/C12H13F3N2O3/c13-12(14,15)7-16-11(19)8-4-10(18)17(5-8)6-9-2-1-3-20-9/h1-3,8H,4-7H2,(H,16,19)/t8-/m1/s1. The predicted molar refractivity (Wildman–Crippen MR) is 61.3 cm³/mol. The number of carbonyl (C=O) groups is 2. The van der Waals surface area contributed by atoms with E-state index in [1.54, 1.807) is 17.4 Å². The van der Waals surface area contributed by atoms with Crippen LogP contribution in [0.15, 0.2) is 22.8 Å². The summed E-state index contributed by atoms with van der Waals surface area (Å²) in [5.74, 6) is -1.21. The van der Waals surface area contributed by atoms with Gasteiger partial charge >= 0.3 is 6.18 Å². The van der Waals surface area contributed by atoms with E-state index < -0.39 is 24.5 Å². The molecule has 1 fully saturated rings. The number of hydrogen-bond donors (Lipinski definition) is 1. The third kappa shape index (κ3) is 3.75. The number of amides is 2. The molecule has 1 saturated heterocycles. The summed E-state index contributed by atoms with van der Waals surface area (Å²) in [4.78, 5) is 24.7. The second kappa shape index (κ2) is 5.56. The molecule has 1 atom stereocenters. The maximum absolute atomic E-state index is 12.0. The highest BCUT2D eigenvalue weighted by molar-refractivity contribution is 5.89. The number of alkyl halides is 3. The van der Waals surface area contributed by atoms with Crippen LogP contribution in [0.25, 0.3) is 0 Å². The van der Waals surface area contributed by atoms with Gasteiger partial charge in [0.2, 0.25) is 11.8 Å². The molecule has 2 amide bonds. The normalized spacial score (nSPS) is 19.4. The van der Waals surface area contributed by atoms with Gasteiger partial charge in [-0.2, -0.15) is 13.2 Å². The van der Waals surface area contributed by atoms with Gasteiger partial charge in [0.15, 0.2) is 0 Å². The zero-order chi connectivity index (χ0) is 14.8. The molecular weight excluding hydrogens is 277 g/mol. The molecule has 5 nitrogen and oxygen atoms in total. The predicted octanol–water partition coefficient (Wildman–Crippen LogP) is 1.31. The third-order valence-electron chi connectivity index (χ3n) is 2.98. The van der Waals surface area contributed by atoms with E-state index in [1.165, 1.54) is 11.2 Å². The Morgan fingerprint density at radius 2 is 2.25 bits per heavy atom. The summed E-state index contributed by atoms with van der Waals surface area (Å²) in [6.07, 6.45) is -3.07. The van der Waals surface area contributed by atoms with Crippen LogP contribution in [0.1, 0.15) is 12.2 Å². The Kier molecular flexibility index (Phi) is 4.01. The fraction of sp³-hybridized carbons (Fsp3) is 0.500. The summed E-state index contributed by atoms with van der Waals surface area (Å²) >= 11 is 0. The lowest BCUT2D eigenvalue weighted by molar-refractivity contribution is -0.140. The number of furan rings is 1. The van der Waals surface area contributed by atoms with Crippen LogP contribution >= 0.6 is 0 Å². The molecule has 1 aliphatic rings. The van der Waals surface area contributed by atoms with E-state index in [-0.39, 0.29) is 25.4 Å². The molecule has 0 radical (unpaired) electrons. The summed E-state index contributed by atoms with van der Waals surface area (Å²) in [7, 11) is 0. The van der Waals surface area contributed by atoms with Crippen molar-refractivity contribution in [3.63, 3.8) is 0 Å². The Hall–Kier alpha value is -1.99. The minimum Gasteiger partial charge on any atom is -0.467 e. The number of rotatable bonds is 4. The van der Waals surface area contributed by atoms with Crippen molar-refractivity contribution in [2.45, 2.75) is 19.1 Å². The summed E-state index contributed by atoms with van der Waals surface area (Å²) in [5.41, 5.74) is 0. The average molecular weight is 290 g/mol. The van der Waals surface area contributed by atoms with Gasteiger partial charge in [0.05, 0.1) is 18.7 Å². The van der Waals surface area contributed by atoms with Crippen molar-refractivity contribution in [3.8, 4) is 0 Å². The highest BCUT2D eigenvalue weighted by atomic mass is 19.4. The van der Waals surface area contributed by atoms with E-state index in [0.29, 0.717) is 5.76 Å². The number of hydrogen-bond acceptors (Lipinski definition) is 3. The van der Waals surface area contributed by atoms with Crippen LogP contribution in [0.2, 0.25) is 0 Å². The van der Waals surface area contributed by atoms with Crippen LogP contribution in [0.5, 0.6) is 0 Å². The first kappa shape index (κ1) is 14.4. The Morgan fingerprint density at radius 1 is 1.50 bits per heavy atom. The first-order valence-electron chi connectivity index (χ1n) is 6.00. The van der Waals surface area contributed by atoms with E-state index in [1.807, 2.05) is 0 Å². The van der Waals surface area contributed by atoms with E-state index in [9.17, 15) is 22.8 Å². The van der Waals surface area contributed by atoms with E-state index in [4.69, 9.17) is 4.42 Å². The fourth-order valence-electron chi connectivity index (χ4n) is 2.02. The molecule has 0 aliphatic carbocycles. The van der Waals surface area contributed by atoms with Gasteiger partial charge in [0, 0.05) is 13.0 Å². The molecule has 1 aromatic heterocycles. The SMILES string of the molecule is O=C(NCC(F)(F)F)[C@@H]1CC(=O)N(Cc2ccco2)C1. The largest absolute Gasteiger partial charge is 0.467 e. The molecule has 0 spiro atoms. The number of nitrogens with one attached hydrogen (secondary N) is 1. The molecule has 8 heteroatoms. The molecule has 0 unspecified atom stereocenters. The van der Waals surface area contributed by atoms with Gasteiger partial charge < -0.3 is 14.6 Å². The van der Waals surface area contributed by atoms with Gasteiger partial charge in [-0.3, -0.25) is 9.59 Å². The smallest absolute Gasteiger partial charge is 0.405 e. The van der Waals surface area contributed by atoms with Crippen LogP contribution < -0.4 is 5.32 Å². The fourth-order valence-corrected chi connectivity index (χ4v) is 2.02. The number of likely N-dealkylation sites (tertiary alicyclic amines) is 1. The van der Waals surface area contributed by atoms with Crippen molar-refractivity contribution in [3.05, 3.63) is 24.2 Å². The Balaban J connectivity index is 1.86. The van der Waals surface area contributed by atoms with Crippen molar-refractivity contribution in [2.75, 3.05) is 13.1 Å². The van der Waals surface area contributed by atoms with Crippen LogP contribution in [0.4, 0.5) is 13.2 Å². The number of carbonyl (C=O) groups excluding carboxylic acids is 2. The topological polar surface area (TPSA) is 62.6 Å². The first-order valence-corrected chi connectivity index (χ1v) is 6.00. The van der Waals surface area contributed by atoms with Gasteiger partial charge in [-0.15, -0.1) is 0 Å². The maximum Gasteiger partial charge on any atom is 0.405 e. The first-order chi connectivity index (χ1) is 9.35. The monoisotopic (exact) mass is 290 g/mol. The lowest BCUT2D eigenvalue weighted by atomic mass is 10.1. The molecule has 1 N–H and O–H groups in total. The van der Waals surface area contributed by atoms with Crippen LogP contribution in [-0.4, -0.2) is 36.0 Å². The minimum absolute atomic E-state index is 0.0790. The van der Waals surface area contributed by atoms with Crippen molar-refractivity contribution < 1.29 is 27.2 Å². The zero-order valence-corrected chi connectivity index (χ0v) is 10.4. The van der Waals surface area contributed by atoms with Gasteiger partial charge in [-0.25, -0.2) is 0 Å². The molecule has 20 heavy (non-hydrogen) atoms. The Labute approximate surface area is 112 Å². The van der Waals surface area contributed by atoms with Gasteiger partial charge in [0.1, 0.15) is 12.3 Å². The molecule has 110 valence electrons. The molecule has 0 saturated carbocycles. The maximum atomic E-state index is 12.0. The van der Waals surface area contributed by atoms with Crippen molar-refractivity contribution >= 4 is 11.8 Å². The lowest BCUT2D eigenvalue weighted by Gasteiger charge is -2.15. The molecule has 1 aromatic rings. The van der Waals surface area contributed by atoms with Crippen molar-refractivity contribution in [1.82, 2.24) is 10.2 Å². The quantitative estimate of drug-likeness (QED) is 0.909. The van der Waals surface area contributed by atoms with Gasteiger partial charge in [-0.1, -0.05) is 0 Å². The highest BCUT2D eigenvalue weighted by Gasteiger charge is 2.36. The van der Waals surface area contributed by atoms with Crippen LogP contribution in [0.3, 0.4) is 0 Å². The van der Waals surface area contributed by atoms with Gasteiger partial charge in [-0.05, 0) is 12.1 Å². The molecular formula is C12H13F3N2O3. The highest BCUT2D eigenvalue weighted by Crippen LogP contribution is 2.21. The number of nitrogens with zero attached hydrogens (tertiary/aromatic N) is 1. The Morgan fingerprint density at radius 3 is 2.85 bits per heavy atom. The van der Waals surface area contributed by atoms with E-state index in [2.05, 4.69) is 0 Å². The summed E-state index contributed by atoms with van der Waals surface area (Å²) in [6.45, 7) is -1.06. The minimum atomic E-state index is -4.45. The summed E-state index contributed by atoms with van der Waals surface area (Å²) in [5, 5.41) is 1.80. The molecule has 2 rings (SSSR count). The molecule has 0 aromatic carbocycles. The van der Waals surface area contributed by atoms with Crippen LogP contribution in [-0.2, 0) is 16.1 Å². The van der Waals surface area contributed by atoms with Crippen molar-refractivity contribution in [1.29, 1.82) is 0 Å². The van der Waals surface area contributed by atoms with Crippen LogP contribution in [0, 0.1) is 5.92 Å². The van der Waals surface area contributed by atoms with E-state index in [0.717, 1.165) is 0 Å². The summed E-state index contributed by atoms with van der Waals surface area (Å²) in [6, 6.07) is 3.35. The third-order valence-corrected chi connectivity index (χ3v) is 2.98. The molecule has 2 heterocycles. The number of halogens is 3. The lowest BCUT2D eigenvalue weighted by Crippen LogP contribution is -2.38. The zero-order valence-electron chi connectivity index (χ0n) is 10.4. The second-order valence-corrected chi connectivity index (χ2v) is 4.59. The summed E-state index contributed by atoms with van der Waals surface area (Å²) < 4.78 is 41.1. The van der Waals surface area contributed by atoms with Crippen molar-refractivity contribution in [2.24, 2.45) is 5.92 Å². The molecule has 1 aliphatic heterocycles. The van der Waals surface area contributed by atoms with E-state index >= 15 is 0 Å². The Bertz CT molecular complexity index is 485. The second-order valence-electron chi connectivity index (χ2n) is 4.59. The molecule has 0 bridgehead atoms. The average Bonchev–Trinajstić information content (AvgIpc) is 2.97.